The molecule has 0 bridgehead atoms. The lowest BCUT2D eigenvalue weighted by molar-refractivity contribution is 0.163. The van der Waals surface area contributed by atoms with E-state index in [1.807, 2.05) is 0 Å². The van der Waals surface area contributed by atoms with E-state index < -0.39 is 0 Å². The Kier molecular flexibility index (Phi) is 5.40. The van der Waals surface area contributed by atoms with Crippen molar-refractivity contribution in [1.82, 2.24) is 4.90 Å². The van der Waals surface area contributed by atoms with E-state index in [9.17, 15) is 0 Å². The molecule has 1 saturated heterocycles. The van der Waals surface area contributed by atoms with Crippen molar-refractivity contribution in [3.8, 4) is 0 Å². The SMILES string of the molecule is C=CC(C)(C)N1CCCC1C(=C)CC(=C)CCC. The summed E-state index contributed by atoms with van der Waals surface area (Å²) in [6, 6.07) is 0.506. The van der Waals surface area contributed by atoms with Crippen LogP contribution in [0.2, 0.25) is 0 Å². The minimum absolute atomic E-state index is 0.0657. The summed E-state index contributed by atoms with van der Waals surface area (Å²) < 4.78 is 0. The number of hydrogen-bond donors (Lipinski definition) is 0. The lowest BCUT2D eigenvalue weighted by Gasteiger charge is -2.38. The zero-order valence-corrected chi connectivity index (χ0v) is 12.5. The molecule has 0 aromatic rings. The summed E-state index contributed by atoms with van der Waals surface area (Å²) in [6.07, 6.45) is 7.84. The van der Waals surface area contributed by atoms with Gasteiger partial charge in [0.15, 0.2) is 0 Å². The Morgan fingerprint density at radius 2 is 2.06 bits per heavy atom. The van der Waals surface area contributed by atoms with E-state index in [0.717, 1.165) is 19.4 Å². The number of likely N-dealkylation sites (tertiary alicyclic amines) is 1. The molecule has 1 heterocycles. The van der Waals surface area contributed by atoms with Crippen LogP contribution in [0.1, 0.15) is 52.9 Å². The van der Waals surface area contributed by atoms with E-state index in [0.29, 0.717) is 6.04 Å². The highest BCUT2D eigenvalue weighted by molar-refractivity contribution is 5.19. The third-order valence-electron chi connectivity index (χ3n) is 4.04. The molecule has 18 heavy (non-hydrogen) atoms. The van der Waals surface area contributed by atoms with Gasteiger partial charge < -0.3 is 0 Å². The second kappa shape index (κ2) is 6.38. The first kappa shape index (κ1) is 15.2. The van der Waals surface area contributed by atoms with Crippen LogP contribution in [-0.4, -0.2) is 23.0 Å². The molecule has 0 N–H and O–H groups in total. The molecular weight excluding hydrogens is 218 g/mol. The summed E-state index contributed by atoms with van der Waals surface area (Å²) in [7, 11) is 0. The average molecular weight is 247 g/mol. The third kappa shape index (κ3) is 3.58. The molecule has 1 rings (SSSR count). The van der Waals surface area contributed by atoms with E-state index in [1.165, 1.54) is 30.4 Å². The van der Waals surface area contributed by atoms with Gasteiger partial charge in [0.05, 0.1) is 0 Å². The van der Waals surface area contributed by atoms with Crippen molar-refractivity contribution in [2.75, 3.05) is 6.54 Å². The molecule has 0 aromatic heterocycles. The average Bonchev–Trinajstić information content (AvgIpc) is 2.78. The molecule has 0 aromatic carbocycles. The van der Waals surface area contributed by atoms with Gasteiger partial charge in [-0.25, -0.2) is 0 Å². The van der Waals surface area contributed by atoms with Gasteiger partial charge in [0, 0.05) is 11.6 Å². The van der Waals surface area contributed by atoms with Gasteiger partial charge in [-0.05, 0) is 46.1 Å². The number of allylic oxidation sites excluding steroid dienone is 1. The molecule has 0 saturated carbocycles. The largest absolute Gasteiger partial charge is 0.288 e. The summed E-state index contributed by atoms with van der Waals surface area (Å²) >= 11 is 0. The molecule has 1 heteroatoms. The normalized spacial score (nSPS) is 20.9. The highest BCUT2D eigenvalue weighted by atomic mass is 15.2. The van der Waals surface area contributed by atoms with Crippen LogP contribution >= 0.6 is 0 Å². The Bertz CT molecular complexity index is 325. The fourth-order valence-corrected chi connectivity index (χ4v) is 2.88. The van der Waals surface area contributed by atoms with Crippen LogP contribution in [0.25, 0.3) is 0 Å². The minimum atomic E-state index is 0.0657. The topological polar surface area (TPSA) is 3.24 Å². The molecular formula is C17H29N. The fourth-order valence-electron chi connectivity index (χ4n) is 2.88. The number of hydrogen-bond acceptors (Lipinski definition) is 1. The van der Waals surface area contributed by atoms with Gasteiger partial charge in [-0.15, -0.1) is 6.58 Å². The predicted octanol–water partition coefficient (Wildman–Crippen LogP) is 4.72. The lowest BCUT2D eigenvalue weighted by atomic mass is 9.94. The number of nitrogens with zero attached hydrogens (tertiary/aromatic N) is 1. The van der Waals surface area contributed by atoms with E-state index in [2.05, 4.69) is 51.5 Å². The Balaban J connectivity index is 2.67. The molecule has 102 valence electrons. The van der Waals surface area contributed by atoms with Crippen LogP contribution in [0.3, 0.4) is 0 Å². The predicted molar refractivity (Wildman–Crippen MR) is 81.8 cm³/mol. The molecule has 1 aliphatic heterocycles. The van der Waals surface area contributed by atoms with Gasteiger partial charge >= 0.3 is 0 Å². The van der Waals surface area contributed by atoms with Crippen LogP contribution in [0.15, 0.2) is 37.0 Å². The van der Waals surface area contributed by atoms with Crippen LogP contribution in [-0.2, 0) is 0 Å². The highest BCUT2D eigenvalue weighted by Gasteiger charge is 2.35. The van der Waals surface area contributed by atoms with E-state index in [4.69, 9.17) is 0 Å². The molecule has 1 fully saturated rings. The smallest absolute Gasteiger partial charge is 0.0338 e. The van der Waals surface area contributed by atoms with Crippen molar-refractivity contribution >= 4 is 0 Å². The van der Waals surface area contributed by atoms with Crippen molar-refractivity contribution in [3.05, 3.63) is 37.0 Å². The van der Waals surface area contributed by atoms with Gasteiger partial charge in [-0.1, -0.05) is 43.7 Å². The molecule has 1 unspecified atom stereocenters. The van der Waals surface area contributed by atoms with Gasteiger partial charge in [0.2, 0.25) is 0 Å². The minimum Gasteiger partial charge on any atom is -0.288 e. The van der Waals surface area contributed by atoms with Gasteiger partial charge in [-0.3, -0.25) is 4.90 Å². The Morgan fingerprint density at radius 1 is 1.39 bits per heavy atom. The zero-order chi connectivity index (χ0) is 13.8. The second-order valence-corrected chi connectivity index (χ2v) is 6.04. The fraction of sp³-hybridized carbons (Fsp3) is 0.647. The Labute approximate surface area is 113 Å². The molecule has 1 atom stereocenters. The van der Waals surface area contributed by atoms with Gasteiger partial charge in [0.25, 0.3) is 0 Å². The molecule has 1 nitrogen and oxygen atoms in total. The monoisotopic (exact) mass is 247 g/mol. The standard InChI is InChI=1S/C17H29N/c1-7-10-14(3)13-15(4)16-11-9-12-18(16)17(5,6)8-2/h8,16H,2-4,7,9-13H2,1,5-6H3. The molecule has 0 aliphatic carbocycles. The summed E-state index contributed by atoms with van der Waals surface area (Å²) in [5.74, 6) is 0. The Hall–Kier alpha value is -0.820. The maximum atomic E-state index is 4.32. The third-order valence-corrected chi connectivity index (χ3v) is 4.04. The van der Waals surface area contributed by atoms with Crippen molar-refractivity contribution in [1.29, 1.82) is 0 Å². The Morgan fingerprint density at radius 3 is 2.61 bits per heavy atom. The highest BCUT2D eigenvalue weighted by Crippen LogP contribution is 2.33. The summed E-state index contributed by atoms with van der Waals surface area (Å²) in [4.78, 5) is 2.54. The van der Waals surface area contributed by atoms with Gasteiger partial charge in [0.1, 0.15) is 0 Å². The molecule has 0 amide bonds. The van der Waals surface area contributed by atoms with E-state index in [-0.39, 0.29) is 5.54 Å². The quantitative estimate of drug-likeness (QED) is 0.588. The maximum absolute atomic E-state index is 4.32. The van der Waals surface area contributed by atoms with E-state index in [1.54, 1.807) is 0 Å². The molecule has 1 aliphatic rings. The van der Waals surface area contributed by atoms with Crippen LogP contribution in [0.4, 0.5) is 0 Å². The van der Waals surface area contributed by atoms with Crippen molar-refractivity contribution in [2.24, 2.45) is 0 Å². The van der Waals surface area contributed by atoms with Crippen molar-refractivity contribution < 1.29 is 0 Å². The lowest BCUT2D eigenvalue weighted by Crippen LogP contribution is -2.45. The van der Waals surface area contributed by atoms with E-state index >= 15 is 0 Å². The number of rotatable bonds is 7. The van der Waals surface area contributed by atoms with Crippen molar-refractivity contribution in [2.45, 2.75) is 64.5 Å². The molecule has 0 radical (unpaired) electrons. The molecule has 0 spiro atoms. The summed E-state index contributed by atoms with van der Waals surface area (Å²) in [5.41, 5.74) is 2.72. The first-order valence-electron chi connectivity index (χ1n) is 7.17. The first-order valence-corrected chi connectivity index (χ1v) is 7.17. The summed E-state index contributed by atoms with van der Waals surface area (Å²) in [5, 5.41) is 0. The van der Waals surface area contributed by atoms with Gasteiger partial charge in [-0.2, -0.15) is 0 Å². The zero-order valence-electron chi connectivity index (χ0n) is 12.5. The van der Waals surface area contributed by atoms with Crippen molar-refractivity contribution in [3.63, 3.8) is 0 Å². The first-order chi connectivity index (χ1) is 8.42. The summed E-state index contributed by atoms with van der Waals surface area (Å²) in [6.45, 7) is 20.3. The van der Waals surface area contributed by atoms with Crippen LogP contribution in [0.5, 0.6) is 0 Å². The van der Waals surface area contributed by atoms with Crippen LogP contribution < -0.4 is 0 Å². The van der Waals surface area contributed by atoms with Crippen LogP contribution in [0, 0.1) is 0 Å². The second-order valence-electron chi connectivity index (χ2n) is 6.04. The maximum Gasteiger partial charge on any atom is 0.0338 e.